The Labute approximate surface area is 111 Å². The van der Waals surface area contributed by atoms with E-state index in [9.17, 15) is 0 Å². The van der Waals surface area contributed by atoms with Crippen LogP contribution in [0.15, 0.2) is 35.9 Å². The van der Waals surface area contributed by atoms with Crippen LogP contribution >= 0.6 is 0 Å². The average molecular weight is 243 g/mol. The normalized spacial score (nSPS) is 17.3. The third-order valence-corrected chi connectivity index (χ3v) is 4.03. The van der Waals surface area contributed by atoms with E-state index in [4.69, 9.17) is 0 Å². The van der Waals surface area contributed by atoms with E-state index in [-0.39, 0.29) is 0 Å². The molecule has 1 unspecified atom stereocenters. The summed E-state index contributed by atoms with van der Waals surface area (Å²) in [6, 6.07) is 9.32. The van der Waals surface area contributed by atoms with Crippen molar-refractivity contribution in [1.82, 2.24) is 5.32 Å². The lowest BCUT2D eigenvalue weighted by Crippen LogP contribution is -2.28. The maximum atomic E-state index is 3.48. The molecule has 1 nitrogen and oxygen atoms in total. The quantitative estimate of drug-likeness (QED) is 0.770. The highest BCUT2D eigenvalue weighted by Crippen LogP contribution is 2.22. The molecule has 0 saturated carbocycles. The molecular formula is C17H25N. The summed E-state index contributed by atoms with van der Waals surface area (Å²) in [6.07, 6.45) is 10.2. The Balaban J connectivity index is 1.97. The summed E-state index contributed by atoms with van der Waals surface area (Å²) in [7, 11) is 2.09. The van der Waals surface area contributed by atoms with Crippen LogP contribution in [0.25, 0.3) is 0 Å². The Kier molecular flexibility index (Phi) is 5.00. The minimum Gasteiger partial charge on any atom is -0.316 e. The van der Waals surface area contributed by atoms with Crippen LogP contribution in [0.2, 0.25) is 0 Å². The lowest BCUT2D eigenvalue weighted by molar-refractivity contribution is 0.531. The lowest BCUT2D eigenvalue weighted by atomic mass is 9.91. The zero-order valence-corrected chi connectivity index (χ0v) is 11.7. The van der Waals surface area contributed by atoms with Gasteiger partial charge in [0.15, 0.2) is 0 Å². The predicted octanol–water partition coefficient (Wildman–Crippen LogP) is 4.02. The molecule has 0 fully saturated rings. The average Bonchev–Trinajstić information content (AvgIpc) is 2.41. The van der Waals surface area contributed by atoms with E-state index in [1.165, 1.54) is 43.2 Å². The van der Waals surface area contributed by atoms with Gasteiger partial charge in [-0.2, -0.15) is 0 Å². The highest BCUT2D eigenvalue weighted by atomic mass is 14.9. The molecule has 0 radical (unpaired) electrons. The summed E-state index contributed by atoms with van der Waals surface area (Å²) < 4.78 is 0. The molecule has 1 heteroatoms. The van der Waals surface area contributed by atoms with Gasteiger partial charge in [-0.25, -0.2) is 0 Å². The van der Waals surface area contributed by atoms with E-state index in [1.807, 2.05) is 0 Å². The van der Waals surface area contributed by atoms with Gasteiger partial charge in [0.25, 0.3) is 0 Å². The number of aryl methyl sites for hydroxylation is 1. The first kappa shape index (κ1) is 13.4. The zero-order chi connectivity index (χ0) is 12.8. The van der Waals surface area contributed by atoms with E-state index in [0.717, 1.165) is 6.42 Å². The van der Waals surface area contributed by atoms with Crippen molar-refractivity contribution < 1.29 is 0 Å². The fraction of sp³-hybridized carbons (Fsp3) is 0.529. The zero-order valence-electron chi connectivity index (χ0n) is 11.7. The number of hydrogen-bond acceptors (Lipinski definition) is 1. The van der Waals surface area contributed by atoms with E-state index in [2.05, 4.69) is 49.6 Å². The minimum absolute atomic E-state index is 0.579. The van der Waals surface area contributed by atoms with E-state index >= 15 is 0 Å². The second-order valence-corrected chi connectivity index (χ2v) is 5.43. The Hall–Kier alpha value is -1.08. The number of rotatable bonds is 5. The van der Waals surface area contributed by atoms with E-state index in [1.54, 1.807) is 5.57 Å². The van der Waals surface area contributed by atoms with Gasteiger partial charge in [0.05, 0.1) is 0 Å². The first-order valence-electron chi connectivity index (χ1n) is 7.19. The molecule has 1 aliphatic rings. The number of nitrogens with one attached hydrogen (secondary N) is 1. The molecule has 0 heterocycles. The third-order valence-electron chi connectivity index (χ3n) is 4.03. The van der Waals surface area contributed by atoms with Crippen LogP contribution in [0.4, 0.5) is 0 Å². The monoisotopic (exact) mass is 243 g/mol. The third kappa shape index (κ3) is 3.71. The molecule has 0 amide bonds. The number of benzene rings is 1. The van der Waals surface area contributed by atoms with Crippen molar-refractivity contribution >= 4 is 0 Å². The van der Waals surface area contributed by atoms with E-state index in [0.29, 0.717) is 6.04 Å². The molecule has 98 valence electrons. The van der Waals surface area contributed by atoms with Gasteiger partial charge < -0.3 is 5.32 Å². The second-order valence-electron chi connectivity index (χ2n) is 5.43. The van der Waals surface area contributed by atoms with Crippen molar-refractivity contribution in [3.05, 3.63) is 47.0 Å². The maximum absolute atomic E-state index is 3.48. The SMILES string of the molecule is CNC(CC1=CCCCC1)Cc1ccccc1C. The van der Waals surface area contributed by atoms with Crippen LogP contribution in [0, 0.1) is 6.92 Å². The summed E-state index contributed by atoms with van der Waals surface area (Å²) in [4.78, 5) is 0. The van der Waals surface area contributed by atoms with Crippen LogP contribution in [0.5, 0.6) is 0 Å². The van der Waals surface area contributed by atoms with Crippen LogP contribution in [0.3, 0.4) is 0 Å². The van der Waals surface area contributed by atoms with Gasteiger partial charge in [-0.1, -0.05) is 35.9 Å². The molecular weight excluding hydrogens is 218 g/mol. The van der Waals surface area contributed by atoms with Crippen molar-refractivity contribution in [2.45, 2.75) is 51.5 Å². The van der Waals surface area contributed by atoms with Crippen LogP contribution in [-0.4, -0.2) is 13.1 Å². The summed E-state index contributed by atoms with van der Waals surface area (Å²) >= 11 is 0. The summed E-state index contributed by atoms with van der Waals surface area (Å²) in [6.45, 7) is 2.21. The Morgan fingerprint density at radius 3 is 2.67 bits per heavy atom. The molecule has 0 aromatic heterocycles. The largest absolute Gasteiger partial charge is 0.316 e. The van der Waals surface area contributed by atoms with Gasteiger partial charge >= 0.3 is 0 Å². The molecule has 0 spiro atoms. The lowest BCUT2D eigenvalue weighted by Gasteiger charge is -2.21. The van der Waals surface area contributed by atoms with Gasteiger partial charge in [-0.15, -0.1) is 0 Å². The molecule has 1 aliphatic carbocycles. The molecule has 1 N–H and O–H groups in total. The summed E-state index contributed by atoms with van der Waals surface area (Å²) in [5, 5.41) is 3.48. The highest BCUT2D eigenvalue weighted by Gasteiger charge is 2.12. The van der Waals surface area contributed by atoms with Gasteiger partial charge in [-0.3, -0.25) is 0 Å². The van der Waals surface area contributed by atoms with Crippen LogP contribution in [0.1, 0.15) is 43.2 Å². The topological polar surface area (TPSA) is 12.0 Å². The van der Waals surface area contributed by atoms with Crippen molar-refractivity contribution in [2.75, 3.05) is 7.05 Å². The molecule has 0 saturated heterocycles. The van der Waals surface area contributed by atoms with Crippen molar-refractivity contribution in [1.29, 1.82) is 0 Å². The van der Waals surface area contributed by atoms with Crippen molar-refractivity contribution in [2.24, 2.45) is 0 Å². The summed E-state index contributed by atoms with van der Waals surface area (Å²) in [5.74, 6) is 0. The highest BCUT2D eigenvalue weighted by molar-refractivity contribution is 5.26. The number of hydrogen-bond donors (Lipinski definition) is 1. The smallest absolute Gasteiger partial charge is 0.0142 e. The van der Waals surface area contributed by atoms with Crippen LogP contribution in [-0.2, 0) is 6.42 Å². The fourth-order valence-corrected chi connectivity index (χ4v) is 2.79. The Morgan fingerprint density at radius 1 is 1.17 bits per heavy atom. The molecule has 0 bridgehead atoms. The molecule has 18 heavy (non-hydrogen) atoms. The Bertz CT molecular complexity index is 406. The van der Waals surface area contributed by atoms with Crippen molar-refractivity contribution in [3.8, 4) is 0 Å². The molecule has 1 aromatic rings. The van der Waals surface area contributed by atoms with Gasteiger partial charge in [0, 0.05) is 6.04 Å². The molecule has 1 atom stereocenters. The van der Waals surface area contributed by atoms with Gasteiger partial charge in [0.1, 0.15) is 0 Å². The molecule has 1 aromatic carbocycles. The van der Waals surface area contributed by atoms with Gasteiger partial charge in [0.2, 0.25) is 0 Å². The van der Waals surface area contributed by atoms with Gasteiger partial charge in [-0.05, 0) is 63.6 Å². The number of allylic oxidation sites excluding steroid dienone is 1. The summed E-state index contributed by atoms with van der Waals surface area (Å²) in [5.41, 5.74) is 4.55. The fourth-order valence-electron chi connectivity index (χ4n) is 2.79. The van der Waals surface area contributed by atoms with Crippen LogP contribution < -0.4 is 5.32 Å². The standard InChI is InChI=1S/C17H25N/c1-14-8-6-7-11-16(14)13-17(18-2)12-15-9-4-3-5-10-15/h6-9,11,17-18H,3-5,10,12-13H2,1-2H3. The van der Waals surface area contributed by atoms with E-state index < -0.39 is 0 Å². The predicted molar refractivity (Wildman–Crippen MR) is 78.9 cm³/mol. The minimum atomic E-state index is 0.579. The first-order valence-corrected chi connectivity index (χ1v) is 7.19. The first-order chi connectivity index (χ1) is 8.79. The molecule has 2 rings (SSSR count). The van der Waals surface area contributed by atoms with Crippen molar-refractivity contribution in [3.63, 3.8) is 0 Å². The maximum Gasteiger partial charge on any atom is 0.0142 e. The number of likely N-dealkylation sites (N-methyl/N-ethyl adjacent to an activating group) is 1. The second kappa shape index (κ2) is 6.75. The Morgan fingerprint density at radius 2 is 2.00 bits per heavy atom. The molecule has 0 aliphatic heterocycles.